The number of nitrogens with zero attached hydrogens (tertiary/aromatic N) is 1. The van der Waals surface area contributed by atoms with Crippen molar-refractivity contribution in [2.45, 2.75) is 26.2 Å². The van der Waals surface area contributed by atoms with Crippen LogP contribution < -0.4 is 10.4 Å². The van der Waals surface area contributed by atoms with E-state index in [1.54, 1.807) is 0 Å². The van der Waals surface area contributed by atoms with Gasteiger partial charge in [0.05, 0.1) is 6.61 Å². The molecule has 0 aliphatic carbocycles. The number of rotatable bonds is 5. The average molecular weight is 422 g/mol. The highest BCUT2D eigenvalue weighted by Crippen LogP contribution is 2.29. The van der Waals surface area contributed by atoms with E-state index in [1.807, 2.05) is 12.1 Å². The molecule has 4 aromatic carbocycles. The Bertz CT molecular complexity index is 1370. The van der Waals surface area contributed by atoms with Crippen LogP contribution in [0, 0.1) is 0 Å². The summed E-state index contributed by atoms with van der Waals surface area (Å²) in [6.45, 7) is 5.71. The van der Waals surface area contributed by atoms with Crippen molar-refractivity contribution in [2.24, 2.45) is 0 Å². The molecule has 1 N–H and O–H groups in total. The molecule has 0 unspecified atom stereocenters. The summed E-state index contributed by atoms with van der Waals surface area (Å²) in [6.07, 6.45) is 0. The van der Waals surface area contributed by atoms with E-state index in [1.165, 1.54) is 37.7 Å². The second kappa shape index (κ2) is 7.84. The first-order valence-electron chi connectivity index (χ1n) is 10.8. The Morgan fingerprint density at radius 3 is 2.19 bits per heavy atom. The van der Waals surface area contributed by atoms with Crippen LogP contribution in [0.1, 0.15) is 11.1 Å². The van der Waals surface area contributed by atoms with Crippen LogP contribution in [0.4, 0.5) is 0 Å². The highest BCUT2D eigenvalue weighted by atomic mass is 28.3. The van der Waals surface area contributed by atoms with Gasteiger partial charge in [-0.3, -0.25) is 0 Å². The second-order valence-corrected chi connectivity index (χ2v) is 13.1. The molecular weight excluding hydrogens is 394 g/mol. The van der Waals surface area contributed by atoms with E-state index in [4.69, 9.17) is 0 Å². The molecule has 0 bridgehead atoms. The highest BCUT2D eigenvalue weighted by Gasteiger charge is 2.29. The van der Waals surface area contributed by atoms with Crippen molar-refractivity contribution in [1.29, 1.82) is 0 Å². The third-order valence-corrected chi connectivity index (χ3v) is 10.1. The van der Waals surface area contributed by atoms with Crippen LogP contribution >= 0.6 is 0 Å². The number of para-hydroxylation sites is 1. The lowest BCUT2D eigenvalue weighted by Crippen LogP contribution is -2.54. The number of benzene rings is 4. The smallest absolute Gasteiger partial charge is 0.112 e. The summed E-state index contributed by atoms with van der Waals surface area (Å²) in [4.78, 5) is 0. The number of fused-ring (bicyclic) bond motifs is 3. The van der Waals surface area contributed by atoms with Gasteiger partial charge in [0.2, 0.25) is 0 Å². The first kappa shape index (κ1) is 19.8. The van der Waals surface area contributed by atoms with Crippen molar-refractivity contribution < 1.29 is 5.11 Å². The van der Waals surface area contributed by atoms with Crippen molar-refractivity contribution in [2.75, 3.05) is 0 Å². The molecule has 0 radical (unpaired) electrons. The molecule has 5 aromatic rings. The predicted octanol–water partition coefficient (Wildman–Crippen LogP) is 5.16. The van der Waals surface area contributed by atoms with E-state index in [0.29, 0.717) is 0 Å². The van der Waals surface area contributed by atoms with Gasteiger partial charge < -0.3 is 9.67 Å². The molecule has 0 spiro atoms. The summed E-state index contributed by atoms with van der Waals surface area (Å²) in [7, 11) is -1.96. The zero-order valence-electron chi connectivity index (χ0n) is 18.0. The van der Waals surface area contributed by atoms with Crippen molar-refractivity contribution in [1.82, 2.24) is 4.57 Å². The van der Waals surface area contributed by atoms with Gasteiger partial charge in [0.25, 0.3) is 0 Å². The number of hydrogen-bond donors (Lipinski definition) is 1. The van der Waals surface area contributed by atoms with Gasteiger partial charge in [-0.2, -0.15) is 0 Å². The Labute approximate surface area is 184 Å². The molecule has 0 saturated heterocycles. The molecule has 1 aromatic heterocycles. The van der Waals surface area contributed by atoms with Crippen LogP contribution in [-0.4, -0.2) is 17.7 Å². The van der Waals surface area contributed by atoms with Gasteiger partial charge >= 0.3 is 0 Å². The maximum absolute atomic E-state index is 9.90. The first-order valence-corrected chi connectivity index (χ1v) is 13.8. The van der Waals surface area contributed by atoms with Crippen molar-refractivity contribution in [3.63, 3.8) is 0 Å². The predicted molar refractivity (Wildman–Crippen MR) is 134 cm³/mol. The van der Waals surface area contributed by atoms with Crippen molar-refractivity contribution >= 4 is 40.3 Å². The largest absolute Gasteiger partial charge is 0.392 e. The fourth-order valence-corrected chi connectivity index (χ4v) is 7.60. The Balaban J connectivity index is 1.69. The van der Waals surface area contributed by atoms with E-state index in [2.05, 4.69) is 103 Å². The molecule has 0 aliphatic rings. The molecule has 2 nitrogen and oxygen atoms in total. The fraction of sp³-hybridized carbons (Fsp3) is 0.143. The Kier molecular flexibility index (Phi) is 5.01. The van der Waals surface area contributed by atoms with Gasteiger partial charge in [-0.1, -0.05) is 103 Å². The summed E-state index contributed by atoms with van der Waals surface area (Å²) in [5, 5.41) is 15.2. The average Bonchev–Trinajstić information content (AvgIpc) is 3.13. The molecule has 0 aliphatic heterocycles. The van der Waals surface area contributed by atoms with Crippen LogP contribution in [0.3, 0.4) is 0 Å². The van der Waals surface area contributed by atoms with Crippen LogP contribution in [0.15, 0.2) is 97.1 Å². The second-order valence-electron chi connectivity index (χ2n) is 8.76. The fourth-order valence-electron chi connectivity index (χ4n) is 4.80. The van der Waals surface area contributed by atoms with Crippen LogP contribution in [-0.2, 0) is 13.2 Å². The summed E-state index contributed by atoms with van der Waals surface area (Å²) < 4.78 is 2.43. The Hall–Kier alpha value is -3.14. The highest BCUT2D eigenvalue weighted by molar-refractivity contribution is 7.00. The molecule has 0 amide bonds. The molecule has 1 heterocycles. The minimum absolute atomic E-state index is 0.0885. The minimum Gasteiger partial charge on any atom is -0.392 e. The third-order valence-electron chi connectivity index (χ3n) is 6.54. The Morgan fingerprint density at radius 1 is 0.710 bits per heavy atom. The van der Waals surface area contributed by atoms with Crippen molar-refractivity contribution in [3.8, 4) is 0 Å². The summed E-state index contributed by atoms with van der Waals surface area (Å²) >= 11 is 0. The normalized spacial score (nSPS) is 12.0. The van der Waals surface area contributed by atoms with Gasteiger partial charge in [0, 0.05) is 28.4 Å². The standard InChI is InChI=1S/C28H27NOSi/c1-31(2,28-15-9-6-12-22(28)20-30)23-16-17-27-25(18-23)24-13-7-8-14-26(24)29(27)19-21-10-4-3-5-11-21/h3-18,30H,19-20H2,1-2H3. The van der Waals surface area contributed by atoms with E-state index in [9.17, 15) is 5.11 Å². The monoisotopic (exact) mass is 421 g/mol. The molecule has 0 fully saturated rings. The van der Waals surface area contributed by atoms with Gasteiger partial charge in [-0.05, 0) is 28.4 Å². The number of aliphatic hydroxyl groups excluding tert-OH is 1. The SMILES string of the molecule is C[Si](C)(c1ccc2c(c1)c1ccccc1n2Cc1ccccc1)c1ccccc1CO. The molecule has 5 rings (SSSR count). The molecule has 0 saturated carbocycles. The lowest BCUT2D eigenvalue weighted by molar-refractivity contribution is 0.283. The minimum atomic E-state index is -1.96. The molecule has 3 heteroatoms. The molecule has 0 atom stereocenters. The van der Waals surface area contributed by atoms with Crippen molar-refractivity contribution in [3.05, 3.63) is 108 Å². The van der Waals surface area contributed by atoms with E-state index in [-0.39, 0.29) is 6.61 Å². The zero-order valence-corrected chi connectivity index (χ0v) is 19.0. The number of hydrogen-bond acceptors (Lipinski definition) is 1. The van der Waals surface area contributed by atoms with E-state index >= 15 is 0 Å². The van der Waals surface area contributed by atoms with Gasteiger partial charge in [-0.15, -0.1) is 0 Å². The quantitative estimate of drug-likeness (QED) is 0.390. The summed E-state index contributed by atoms with van der Waals surface area (Å²) in [5.74, 6) is 0. The van der Waals surface area contributed by atoms with Gasteiger partial charge in [-0.25, -0.2) is 0 Å². The molecular formula is C28H27NOSi. The summed E-state index contributed by atoms with van der Waals surface area (Å²) in [5.41, 5.74) is 4.90. The van der Waals surface area contributed by atoms with Crippen LogP contribution in [0.25, 0.3) is 21.8 Å². The molecule has 31 heavy (non-hydrogen) atoms. The zero-order chi connectivity index (χ0) is 21.4. The van der Waals surface area contributed by atoms with Crippen LogP contribution in [0.5, 0.6) is 0 Å². The molecule has 154 valence electrons. The maximum Gasteiger partial charge on any atom is 0.112 e. The van der Waals surface area contributed by atoms with Gasteiger partial charge in [0.1, 0.15) is 8.07 Å². The maximum atomic E-state index is 9.90. The summed E-state index contributed by atoms with van der Waals surface area (Å²) in [6, 6.07) is 34.7. The van der Waals surface area contributed by atoms with E-state index < -0.39 is 8.07 Å². The van der Waals surface area contributed by atoms with E-state index in [0.717, 1.165) is 12.1 Å². The lowest BCUT2D eigenvalue weighted by Gasteiger charge is -2.26. The topological polar surface area (TPSA) is 25.2 Å². The van der Waals surface area contributed by atoms with Gasteiger partial charge in [0.15, 0.2) is 0 Å². The number of aromatic nitrogens is 1. The number of aliphatic hydroxyl groups is 1. The lowest BCUT2D eigenvalue weighted by atomic mass is 10.1. The van der Waals surface area contributed by atoms with Crippen LogP contribution in [0.2, 0.25) is 13.1 Å². The third kappa shape index (κ3) is 3.40. The Morgan fingerprint density at radius 2 is 1.39 bits per heavy atom. The first-order chi connectivity index (χ1) is 15.1.